The third kappa shape index (κ3) is 32.2. The molecule has 1 rings (SSSR count). The lowest BCUT2D eigenvalue weighted by Crippen LogP contribution is -2.47. The van der Waals surface area contributed by atoms with Crippen molar-refractivity contribution in [2.45, 2.75) is 193 Å². The minimum Gasteiger partial charge on any atom is -0.464 e. The SMILES string of the molecule is CCCCCCCCCCC(O)CN(CCCC(=O)OCCN1CCN(CCCCSSCCCCC)CC1)CC(O)CCCCCCCCCC. The lowest BCUT2D eigenvalue weighted by Gasteiger charge is -2.34. The third-order valence-corrected chi connectivity index (χ3v) is 13.2. The van der Waals surface area contributed by atoms with Gasteiger partial charge in [0.15, 0.2) is 0 Å². The number of carbonyl (C=O) groups is 1. The van der Waals surface area contributed by atoms with Crippen LogP contribution < -0.4 is 0 Å². The molecule has 52 heavy (non-hydrogen) atoms. The normalized spacial score (nSPS) is 15.4. The summed E-state index contributed by atoms with van der Waals surface area (Å²) < 4.78 is 5.65. The molecule has 0 aliphatic carbocycles. The van der Waals surface area contributed by atoms with Crippen LogP contribution in [0.1, 0.15) is 181 Å². The zero-order valence-electron chi connectivity index (χ0n) is 34.7. The largest absolute Gasteiger partial charge is 0.464 e. The fourth-order valence-corrected chi connectivity index (χ4v) is 9.43. The van der Waals surface area contributed by atoms with Crippen LogP contribution in [0.25, 0.3) is 0 Å². The first-order valence-electron chi connectivity index (χ1n) is 22.4. The van der Waals surface area contributed by atoms with Gasteiger partial charge in [-0.25, -0.2) is 0 Å². The maximum Gasteiger partial charge on any atom is 0.305 e. The molecule has 1 heterocycles. The molecule has 0 amide bonds. The molecular formula is C43H87N3O4S2. The first-order chi connectivity index (χ1) is 25.5. The molecule has 0 aromatic carbocycles. The van der Waals surface area contributed by atoms with E-state index >= 15 is 0 Å². The number of piperazine rings is 1. The van der Waals surface area contributed by atoms with Gasteiger partial charge in [0.25, 0.3) is 0 Å². The number of ether oxygens (including phenoxy) is 1. The molecular weight excluding hydrogens is 687 g/mol. The second-order valence-electron chi connectivity index (χ2n) is 15.7. The van der Waals surface area contributed by atoms with E-state index < -0.39 is 0 Å². The van der Waals surface area contributed by atoms with Crippen LogP contribution in [0.15, 0.2) is 0 Å². The van der Waals surface area contributed by atoms with E-state index in [1.165, 1.54) is 140 Å². The molecule has 310 valence electrons. The number of esters is 1. The molecule has 1 fully saturated rings. The molecule has 2 N–H and O–H groups in total. The van der Waals surface area contributed by atoms with Crippen LogP contribution in [0.4, 0.5) is 0 Å². The Labute approximate surface area is 331 Å². The van der Waals surface area contributed by atoms with Crippen LogP contribution in [0, 0.1) is 0 Å². The van der Waals surface area contributed by atoms with E-state index in [2.05, 4.69) is 35.5 Å². The molecule has 0 bridgehead atoms. The lowest BCUT2D eigenvalue weighted by atomic mass is 10.0. The van der Waals surface area contributed by atoms with Gasteiger partial charge in [-0.15, -0.1) is 0 Å². The molecule has 1 aliphatic heterocycles. The third-order valence-electron chi connectivity index (χ3n) is 10.6. The highest BCUT2D eigenvalue weighted by Gasteiger charge is 2.18. The van der Waals surface area contributed by atoms with Gasteiger partial charge in [0.05, 0.1) is 12.2 Å². The number of aliphatic hydroxyl groups excluding tert-OH is 2. The summed E-state index contributed by atoms with van der Waals surface area (Å²) in [6, 6.07) is 0. The molecule has 0 saturated carbocycles. The van der Waals surface area contributed by atoms with Gasteiger partial charge in [0.1, 0.15) is 6.61 Å². The van der Waals surface area contributed by atoms with E-state index in [0.717, 1.165) is 58.4 Å². The molecule has 2 unspecified atom stereocenters. The topological polar surface area (TPSA) is 76.5 Å². The molecule has 2 atom stereocenters. The fraction of sp³-hybridized carbons (Fsp3) is 0.977. The van der Waals surface area contributed by atoms with Crippen molar-refractivity contribution in [1.29, 1.82) is 0 Å². The first kappa shape index (κ1) is 50.0. The Hall–Kier alpha value is -0.0300. The summed E-state index contributed by atoms with van der Waals surface area (Å²) >= 11 is 0. The quantitative estimate of drug-likeness (QED) is 0.0361. The molecule has 0 aromatic rings. The van der Waals surface area contributed by atoms with Gasteiger partial charge in [-0.1, -0.05) is 158 Å². The second-order valence-corrected chi connectivity index (χ2v) is 18.4. The number of hydrogen-bond acceptors (Lipinski definition) is 9. The molecule has 1 saturated heterocycles. The summed E-state index contributed by atoms with van der Waals surface area (Å²) in [7, 11) is 4.10. The average Bonchev–Trinajstić information content (AvgIpc) is 3.13. The van der Waals surface area contributed by atoms with E-state index in [-0.39, 0.29) is 18.2 Å². The minimum atomic E-state index is -0.383. The molecule has 0 aromatic heterocycles. The summed E-state index contributed by atoms with van der Waals surface area (Å²) in [6.07, 6.45) is 28.8. The zero-order valence-corrected chi connectivity index (χ0v) is 36.3. The number of aliphatic hydroxyl groups is 2. The monoisotopic (exact) mass is 774 g/mol. The average molecular weight is 774 g/mol. The minimum absolute atomic E-state index is 0.126. The maximum atomic E-state index is 12.6. The van der Waals surface area contributed by atoms with Gasteiger partial charge in [-0.05, 0) is 51.6 Å². The highest BCUT2D eigenvalue weighted by atomic mass is 33.1. The predicted molar refractivity (Wildman–Crippen MR) is 230 cm³/mol. The van der Waals surface area contributed by atoms with Crippen molar-refractivity contribution in [3.05, 3.63) is 0 Å². The highest BCUT2D eigenvalue weighted by molar-refractivity contribution is 8.76. The van der Waals surface area contributed by atoms with Gasteiger partial charge in [0, 0.05) is 63.7 Å². The van der Waals surface area contributed by atoms with Crippen molar-refractivity contribution in [1.82, 2.24) is 14.7 Å². The first-order valence-corrected chi connectivity index (χ1v) is 24.9. The van der Waals surface area contributed by atoms with E-state index in [1.807, 2.05) is 21.6 Å². The van der Waals surface area contributed by atoms with Crippen LogP contribution in [0.2, 0.25) is 0 Å². The van der Waals surface area contributed by atoms with E-state index in [9.17, 15) is 15.0 Å². The maximum absolute atomic E-state index is 12.6. The van der Waals surface area contributed by atoms with Crippen LogP contribution in [-0.2, 0) is 9.53 Å². The van der Waals surface area contributed by atoms with Crippen molar-refractivity contribution in [3.8, 4) is 0 Å². The van der Waals surface area contributed by atoms with E-state index in [0.29, 0.717) is 39.1 Å². The summed E-state index contributed by atoms with van der Waals surface area (Å²) in [6.45, 7) is 15.4. The standard InChI is InChI=1S/C43H87N3O4S2/c1-4-7-10-12-14-16-18-20-26-41(47)39-46(40-42(48)27-21-19-17-15-13-11-8-5-2)30-25-28-43(49)50-36-35-45-33-31-44(32-34-45)29-22-24-38-52-51-37-23-9-6-3/h41-42,47-48H,4-40H2,1-3H3. The van der Waals surface area contributed by atoms with Crippen molar-refractivity contribution in [3.63, 3.8) is 0 Å². The Morgan fingerprint density at radius 3 is 1.50 bits per heavy atom. The highest BCUT2D eigenvalue weighted by Crippen LogP contribution is 2.24. The Bertz CT molecular complexity index is 732. The van der Waals surface area contributed by atoms with Crippen LogP contribution in [0.5, 0.6) is 0 Å². The Kier molecular flexibility index (Phi) is 36.4. The fourth-order valence-electron chi connectivity index (χ4n) is 7.13. The summed E-state index contributed by atoms with van der Waals surface area (Å²) in [4.78, 5) is 19.8. The molecule has 0 radical (unpaired) electrons. The zero-order chi connectivity index (χ0) is 37.7. The van der Waals surface area contributed by atoms with Gasteiger partial charge in [-0.2, -0.15) is 0 Å². The lowest BCUT2D eigenvalue weighted by molar-refractivity contribution is -0.144. The number of nitrogens with zero attached hydrogens (tertiary/aromatic N) is 3. The molecule has 7 nitrogen and oxygen atoms in total. The van der Waals surface area contributed by atoms with Crippen molar-refractivity contribution in [2.75, 3.05) is 77.0 Å². The Balaban J connectivity index is 2.27. The van der Waals surface area contributed by atoms with Crippen molar-refractivity contribution in [2.24, 2.45) is 0 Å². The van der Waals surface area contributed by atoms with Crippen molar-refractivity contribution < 1.29 is 19.7 Å². The van der Waals surface area contributed by atoms with Crippen molar-refractivity contribution >= 4 is 27.6 Å². The van der Waals surface area contributed by atoms with Gasteiger partial charge >= 0.3 is 5.97 Å². The number of carbonyl (C=O) groups excluding carboxylic acids is 1. The summed E-state index contributed by atoms with van der Waals surface area (Å²) in [5, 5.41) is 21.8. The van der Waals surface area contributed by atoms with Crippen LogP contribution >= 0.6 is 21.6 Å². The summed E-state index contributed by atoms with van der Waals surface area (Å²) in [5.74, 6) is 2.44. The second kappa shape index (κ2) is 37.9. The van der Waals surface area contributed by atoms with E-state index in [1.54, 1.807) is 0 Å². The van der Waals surface area contributed by atoms with Gasteiger partial charge in [-0.3, -0.25) is 14.6 Å². The Morgan fingerprint density at radius 1 is 0.577 bits per heavy atom. The molecule has 1 aliphatic rings. The smallest absolute Gasteiger partial charge is 0.305 e. The van der Waals surface area contributed by atoms with Gasteiger partial charge < -0.3 is 19.8 Å². The Morgan fingerprint density at radius 2 is 1.00 bits per heavy atom. The molecule has 9 heteroatoms. The van der Waals surface area contributed by atoms with E-state index in [4.69, 9.17) is 4.74 Å². The van der Waals surface area contributed by atoms with Crippen LogP contribution in [-0.4, -0.2) is 120 Å². The van der Waals surface area contributed by atoms with Gasteiger partial charge in [0.2, 0.25) is 0 Å². The number of unbranched alkanes of at least 4 members (excludes halogenated alkanes) is 17. The molecule has 0 spiro atoms. The summed E-state index contributed by atoms with van der Waals surface area (Å²) in [5.41, 5.74) is 0. The predicted octanol–water partition coefficient (Wildman–Crippen LogP) is 10.4. The van der Waals surface area contributed by atoms with Crippen LogP contribution in [0.3, 0.4) is 0 Å². The number of rotatable bonds is 39. The number of hydrogen-bond donors (Lipinski definition) is 2.